The van der Waals surface area contributed by atoms with E-state index in [0.717, 1.165) is 13.1 Å². The number of hydrogen-bond donors (Lipinski definition) is 1. The highest BCUT2D eigenvalue weighted by atomic mass is 19.1. The molecule has 0 bridgehead atoms. The van der Waals surface area contributed by atoms with Gasteiger partial charge < -0.3 is 14.9 Å². The third kappa shape index (κ3) is 3.01. The minimum Gasteiger partial charge on any atom is -0.390 e. The molecule has 6 nitrogen and oxygen atoms in total. The number of piperidine rings is 1. The largest absolute Gasteiger partial charge is 0.390 e. The molecular formula is C15H24FN5O. The summed E-state index contributed by atoms with van der Waals surface area (Å²) in [6, 6.07) is 0.122. The second kappa shape index (κ2) is 6.34. The van der Waals surface area contributed by atoms with Crippen LogP contribution in [0.3, 0.4) is 0 Å². The number of β-amino-alcohol motifs (C(OH)–C–C–N with tert-alkyl or cyclic N) is 1. The van der Waals surface area contributed by atoms with E-state index in [9.17, 15) is 9.50 Å². The molecule has 3 rings (SSSR count). The molecule has 0 aromatic carbocycles. The summed E-state index contributed by atoms with van der Waals surface area (Å²) in [4.78, 5) is 14.4. The van der Waals surface area contributed by atoms with E-state index < -0.39 is 11.9 Å². The maximum atomic E-state index is 13.7. The van der Waals surface area contributed by atoms with Crippen LogP contribution < -0.4 is 9.80 Å². The maximum absolute atomic E-state index is 13.7. The van der Waals surface area contributed by atoms with Gasteiger partial charge in [0.25, 0.3) is 0 Å². The third-order valence-corrected chi connectivity index (χ3v) is 4.54. The van der Waals surface area contributed by atoms with Gasteiger partial charge in [-0.15, -0.1) is 0 Å². The Hall–Kier alpha value is -1.47. The number of rotatable bonds is 3. The van der Waals surface area contributed by atoms with Crippen molar-refractivity contribution < 1.29 is 9.50 Å². The van der Waals surface area contributed by atoms with Crippen molar-refractivity contribution in [2.24, 2.45) is 0 Å². The summed E-state index contributed by atoms with van der Waals surface area (Å²) >= 11 is 0. The lowest BCUT2D eigenvalue weighted by Crippen LogP contribution is -2.45. The standard InChI is InChI=1S/C15H24FN5O/c1-19(2)14-11(16)8-17-15(18-14)21-9-12(13(22)10-21)20-6-4-3-5-7-20/h8,12-13,22H,3-7,9-10H2,1-2H3/t12-,13-/m0/s1. The van der Waals surface area contributed by atoms with Crippen LogP contribution in [0.4, 0.5) is 16.2 Å². The molecule has 0 amide bonds. The topological polar surface area (TPSA) is 55.7 Å². The Bertz CT molecular complexity index is 521. The van der Waals surface area contributed by atoms with Crippen LogP contribution in [0.25, 0.3) is 0 Å². The Kier molecular flexibility index (Phi) is 4.44. The molecule has 2 atom stereocenters. The van der Waals surface area contributed by atoms with Crippen LogP contribution >= 0.6 is 0 Å². The third-order valence-electron chi connectivity index (χ3n) is 4.54. The summed E-state index contributed by atoms with van der Waals surface area (Å²) in [5.74, 6) is 0.339. The SMILES string of the molecule is CN(C)c1nc(N2C[C@H](O)[C@@H](N3CCCCC3)C2)ncc1F. The molecule has 0 saturated carbocycles. The first-order valence-corrected chi connectivity index (χ1v) is 7.93. The van der Waals surface area contributed by atoms with E-state index in [1.54, 1.807) is 19.0 Å². The minimum atomic E-state index is -0.430. The second-order valence-corrected chi connectivity index (χ2v) is 6.37. The number of hydrogen-bond acceptors (Lipinski definition) is 6. The van der Waals surface area contributed by atoms with Crippen molar-refractivity contribution in [2.75, 3.05) is 50.1 Å². The van der Waals surface area contributed by atoms with Crippen LogP contribution in [0.5, 0.6) is 0 Å². The predicted molar refractivity (Wildman–Crippen MR) is 83.7 cm³/mol. The van der Waals surface area contributed by atoms with Gasteiger partial charge in [-0.1, -0.05) is 6.42 Å². The summed E-state index contributed by atoms with van der Waals surface area (Å²) in [6.07, 6.45) is 4.46. The van der Waals surface area contributed by atoms with E-state index in [2.05, 4.69) is 14.9 Å². The molecule has 2 aliphatic rings. The van der Waals surface area contributed by atoms with Gasteiger partial charge >= 0.3 is 0 Å². The number of anilines is 2. The molecule has 3 heterocycles. The number of aromatic nitrogens is 2. The van der Waals surface area contributed by atoms with Crippen molar-refractivity contribution in [3.63, 3.8) is 0 Å². The molecule has 22 heavy (non-hydrogen) atoms. The second-order valence-electron chi connectivity index (χ2n) is 6.37. The van der Waals surface area contributed by atoms with Gasteiger partial charge in [-0.3, -0.25) is 4.90 Å². The molecule has 1 aromatic heterocycles. The van der Waals surface area contributed by atoms with Crippen LogP contribution in [0, 0.1) is 5.82 Å². The minimum absolute atomic E-state index is 0.122. The lowest BCUT2D eigenvalue weighted by molar-refractivity contribution is 0.0706. The van der Waals surface area contributed by atoms with E-state index in [-0.39, 0.29) is 11.9 Å². The first kappa shape index (κ1) is 15.4. The van der Waals surface area contributed by atoms with Crippen LogP contribution in [-0.4, -0.2) is 72.4 Å². The molecule has 122 valence electrons. The van der Waals surface area contributed by atoms with E-state index in [1.807, 2.05) is 4.90 Å². The molecular weight excluding hydrogens is 285 g/mol. The highest BCUT2D eigenvalue weighted by molar-refractivity contribution is 5.44. The number of halogens is 1. The molecule has 0 aliphatic carbocycles. The van der Waals surface area contributed by atoms with Gasteiger partial charge in [-0.05, 0) is 25.9 Å². The maximum Gasteiger partial charge on any atom is 0.227 e. The molecule has 0 spiro atoms. The molecule has 7 heteroatoms. The van der Waals surface area contributed by atoms with Gasteiger partial charge in [0.15, 0.2) is 11.6 Å². The molecule has 2 aliphatic heterocycles. The average Bonchev–Trinajstić information content (AvgIpc) is 2.90. The summed E-state index contributed by atoms with van der Waals surface area (Å²) in [7, 11) is 3.51. The fraction of sp³-hybridized carbons (Fsp3) is 0.733. The zero-order chi connectivity index (χ0) is 15.7. The zero-order valence-corrected chi connectivity index (χ0v) is 13.2. The fourth-order valence-corrected chi connectivity index (χ4v) is 3.36. The summed E-state index contributed by atoms with van der Waals surface area (Å²) in [6.45, 7) is 3.28. The molecule has 1 aromatic rings. The Labute approximate surface area is 130 Å². The Morgan fingerprint density at radius 2 is 1.95 bits per heavy atom. The molecule has 0 unspecified atom stereocenters. The van der Waals surface area contributed by atoms with Crippen molar-refractivity contribution >= 4 is 11.8 Å². The van der Waals surface area contributed by atoms with Gasteiger partial charge in [-0.2, -0.15) is 4.98 Å². The monoisotopic (exact) mass is 309 g/mol. The number of aliphatic hydroxyl groups is 1. The number of nitrogens with zero attached hydrogens (tertiary/aromatic N) is 5. The van der Waals surface area contributed by atoms with Crippen LogP contribution in [-0.2, 0) is 0 Å². The number of likely N-dealkylation sites (tertiary alicyclic amines) is 1. The summed E-state index contributed by atoms with van der Waals surface area (Å²) < 4.78 is 13.7. The zero-order valence-electron chi connectivity index (χ0n) is 13.2. The number of aliphatic hydroxyl groups excluding tert-OH is 1. The Balaban J connectivity index is 1.75. The highest BCUT2D eigenvalue weighted by Crippen LogP contribution is 2.25. The van der Waals surface area contributed by atoms with Gasteiger partial charge in [0.1, 0.15) is 0 Å². The van der Waals surface area contributed by atoms with Gasteiger partial charge in [-0.25, -0.2) is 9.37 Å². The smallest absolute Gasteiger partial charge is 0.227 e. The van der Waals surface area contributed by atoms with Crippen molar-refractivity contribution in [3.05, 3.63) is 12.0 Å². The predicted octanol–water partition coefficient (Wildman–Crippen LogP) is 0.717. The molecule has 2 saturated heterocycles. The van der Waals surface area contributed by atoms with Crippen LogP contribution in [0.2, 0.25) is 0 Å². The normalized spacial score (nSPS) is 26.5. The quantitative estimate of drug-likeness (QED) is 0.888. The molecule has 0 radical (unpaired) electrons. The molecule has 1 N–H and O–H groups in total. The summed E-state index contributed by atoms with van der Waals surface area (Å²) in [5.41, 5.74) is 0. The Morgan fingerprint density at radius 1 is 1.23 bits per heavy atom. The van der Waals surface area contributed by atoms with Gasteiger partial charge in [0.2, 0.25) is 5.95 Å². The first-order chi connectivity index (χ1) is 10.6. The van der Waals surface area contributed by atoms with Crippen molar-refractivity contribution in [1.29, 1.82) is 0 Å². The Morgan fingerprint density at radius 3 is 2.64 bits per heavy atom. The van der Waals surface area contributed by atoms with E-state index in [1.165, 1.54) is 25.5 Å². The fourth-order valence-electron chi connectivity index (χ4n) is 3.36. The summed E-state index contributed by atoms with van der Waals surface area (Å²) in [5, 5.41) is 10.4. The molecule has 2 fully saturated rings. The van der Waals surface area contributed by atoms with Gasteiger partial charge in [0.05, 0.1) is 18.3 Å². The van der Waals surface area contributed by atoms with Crippen molar-refractivity contribution in [1.82, 2.24) is 14.9 Å². The van der Waals surface area contributed by atoms with Crippen LogP contribution in [0.1, 0.15) is 19.3 Å². The average molecular weight is 309 g/mol. The lowest BCUT2D eigenvalue weighted by Gasteiger charge is -2.33. The van der Waals surface area contributed by atoms with E-state index in [4.69, 9.17) is 0 Å². The van der Waals surface area contributed by atoms with E-state index in [0.29, 0.717) is 19.0 Å². The first-order valence-electron chi connectivity index (χ1n) is 7.93. The highest BCUT2D eigenvalue weighted by Gasteiger charge is 2.37. The van der Waals surface area contributed by atoms with Crippen molar-refractivity contribution in [2.45, 2.75) is 31.4 Å². The van der Waals surface area contributed by atoms with Gasteiger partial charge in [0, 0.05) is 27.2 Å². The van der Waals surface area contributed by atoms with Crippen LogP contribution in [0.15, 0.2) is 6.20 Å². The van der Waals surface area contributed by atoms with E-state index >= 15 is 0 Å². The lowest BCUT2D eigenvalue weighted by atomic mass is 10.1. The van der Waals surface area contributed by atoms with Crippen molar-refractivity contribution in [3.8, 4) is 0 Å².